The van der Waals surface area contributed by atoms with Gasteiger partial charge in [-0.3, -0.25) is 0 Å². The molecule has 0 fully saturated rings. The maximum atomic E-state index is 12.3. The van der Waals surface area contributed by atoms with E-state index in [-0.39, 0.29) is 6.54 Å². The van der Waals surface area contributed by atoms with Gasteiger partial charge >= 0.3 is 12.3 Å². The van der Waals surface area contributed by atoms with Crippen molar-refractivity contribution in [3.8, 4) is 0 Å². The molecule has 104 valence electrons. The summed E-state index contributed by atoms with van der Waals surface area (Å²) in [6.07, 6.45) is -4.03. The molecule has 0 unspecified atom stereocenters. The van der Waals surface area contributed by atoms with E-state index in [9.17, 15) is 18.0 Å². The first-order valence-corrected chi connectivity index (χ1v) is 5.31. The Morgan fingerprint density at radius 2 is 1.83 bits per heavy atom. The van der Waals surface area contributed by atoms with Gasteiger partial charge in [0, 0.05) is 12.1 Å². The molecule has 0 aliphatic carbocycles. The standard InChI is InChI=1S/C12H18F3NO2/c1-6-7-16(8-9(2)12(13,14)15)10(17)18-11(3,4)5/h6H,1-2,7-8H2,3-5H3. The quantitative estimate of drug-likeness (QED) is 0.728. The summed E-state index contributed by atoms with van der Waals surface area (Å²) in [6, 6.07) is 0. The SMILES string of the molecule is C=CCN(CC(=C)C(F)(F)F)C(=O)OC(C)(C)C. The van der Waals surface area contributed by atoms with Crippen LogP contribution in [0.2, 0.25) is 0 Å². The first kappa shape index (κ1) is 16.5. The van der Waals surface area contributed by atoms with Crippen molar-refractivity contribution < 1.29 is 22.7 Å². The molecule has 0 aliphatic rings. The summed E-state index contributed by atoms with van der Waals surface area (Å²) in [4.78, 5) is 12.6. The molecule has 0 atom stereocenters. The lowest BCUT2D eigenvalue weighted by molar-refractivity contribution is -0.0949. The van der Waals surface area contributed by atoms with Crippen molar-refractivity contribution in [2.24, 2.45) is 0 Å². The highest BCUT2D eigenvalue weighted by Gasteiger charge is 2.34. The number of carbonyl (C=O) groups is 1. The van der Waals surface area contributed by atoms with Crippen LogP contribution in [0.25, 0.3) is 0 Å². The number of nitrogens with zero attached hydrogens (tertiary/aromatic N) is 1. The maximum Gasteiger partial charge on any atom is 0.413 e. The van der Waals surface area contributed by atoms with Crippen LogP contribution >= 0.6 is 0 Å². The summed E-state index contributed by atoms with van der Waals surface area (Å²) in [5.41, 5.74) is -1.77. The Hall–Kier alpha value is -1.46. The normalized spacial score (nSPS) is 11.9. The molecule has 0 aromatic heterocycles. The number of hydrogen-bond donors (Lipinski definition) is 0. The monoisotopic (exact) mass is 265 g/mol. The Morgan fingerprint density at radius 3 is 2.17 bits per heavy atom. The molecule has 0 saturated heterocycles. The highest BCUT2D eigenvalue weighted by Crippen LogP contribution is 2.25. The van der Waals surface area contributed by atoms with Crippen molar-refractivity contribution >= 4 is 6.09 Å². The van der Waals surface area contributed by atoms with Crippen LogP contribution in [0.4, 0.5) is 18.0 Å². The van der Waals surface area contributed by atoms with Gasteiger partial charge in [0.1, 0.15) is 5.60 Å². The minimum Gasteiger partial charge on any atom is -0.444 e. The minimum atomic E-state index is -4.53. The Morgan fingerprint density at radius 1 is 1.33 bits per heavy atom. The molecule has 0 aromatic rings. The van der Waals surface area contributed by atoms with Gasteiger partial charge in [0.25, 0.3) is 0 Å². The van der Waals surface area contributed by atoms with Crippen molar-refractivity contribution in [1.29, 1.82) is 0 Å². The van der Waals surface area contributed by atoms with Crippen molar-refractivity contribution in [3.05, 3.63) is 24.8 Å². The fourth-order valence-corrected chi connectivity index (χ4v) is 1.01. The average Bonchev–Trinajstić information content (AvgIpc) is 2.12. The zero-order valence-corrected chi connectivity index (χ0v) is 10.8. The predicted molar refractivity (Wildman–Crippen MR) is 63.2 cm³/mol. The van der Waals surface area contributed by atoms with Crippen LogP contribution < -0.4 is 0 Å². The number of ether oxygens (including phenoxy) is 1. The predicted octanol–water partition coefficient (Wildman–Crippen LogP) is 3.53. The molecular formula is C12H18F3NO2. The zero-order valence-electron chi connectivity index (χ0n) is 10.8. The summed E-state index contributed by atoms with van der Waals surface area (Å²) in [5.74, 6) is 0. The molecule has 0 heterocycles. The van der Waals surface area contributed by atoms with Crippen LogP contribution in [-0.2, 0) is 4.74 Å². The summed E-state index contributed by atoms with van der Waals surface area (Å²) in [5, 5.41) is 0. The molecule has 0 saturated carbocycles. The summed E-state index contributed by atoms with van der Waals surface area (Å²) in [6.45, 7) is 10.5. The van der Waals surface area contributed by atoms with Crippen molar-refractivity contribution in [2.75, 3.05) is 13.1 Å². The van der Waals surface area contributed by atoms with Gasteiger partial charge in [-0.2, -0.15) is 13.2 Å². The van der Waals surface area contributed by atoms with Crippen molar-refractivity contribution in [3.63, 3.8) is 0 Å². The Labute approximate surface area is 105 Å². The molecule has 6 heteroatoms. The minimum absolute atomic E-state index is 0.0377. The van der Waals surface area contributed by atoms with Gasteiger partial charge in [-0.05, 0) is 20.8 Å². The third-order valence-electron chi connectivity index (χ3n) is 1.78. The van der Waals surface area contributed by atoms with E-state index in [2.05, 4.69) is 13.2 Å². The lowest BCUT2D eigenvalue weighted by Gasteiger charge is -2.27. The van der Waals surface area contributed by atoms with E-state index in [0.29, 0.717) is 0 Å². The molecule has 3 nitrogen and oxygen atoms in total. The second-order valence-electron chi connectivity index (χ2n) is 4.75. The number of hydrogen-bond acceptors (Lipinski definition) is 2. The summed E-state index contributed by atoms with van der Waals surface area (Å²) in [7, 11) is 0. The first-order valence-electron chi connectivity index (χ1n) is 5.31. The molecule has 0 radical (unpaired) electrons. The van der Waals surface area contributed by atoms with E-state index in [1.807, 2.05) is 0 Å². The lowest BCUT2D eigenvalue weighted by Crippen LogP contribution is -2.39. The van der Waals surface area contributed by atoms with Gasteiger partial charge in [-0.1, -0.05) is 12.7 Å². The number of rotatable bonds is 4. The molecule has 0 bridgehead atoms. The molecule has 18 heavy (non-hydrogen) atoms. The van der Waals surface area contributed by atoms with E-state index in [4.69, 9.17) is 4.74 Å². The van der Waals surface area contributed by atoms with Crippen molar-refractivity contribution in [1.82, 2.24) is 4.90 Å². The topological polar surface area (TPSA) is 29.5 Å². The molecule has 0 aromatic carbocycles. The lowest BCUT2D eigenvalue weighted by atomic mass is 10.2. The van der Waals surface area contributed by atoms with Gasteiger partial charge in [-0.15, -0.1) is 6.58 Å². The second-order valence-corrected chi connectivity index (χ2v) is 4.75. The zero-order chi connectivity index (χ0) is 14.6. The Bertz CT molecular complexity index is 329. The fraction of sp³-hybridized carbons (Fsp3) is 0.583. The molecule has 1 amide bonds. The van der Waals surface area contributed by atoms with Crippen LogP contribution in [0, 0.1) is 0 Å². The van der Waals surface area contributed by atoms with Crippen molar-refractivity contribution in [2.45, 2.75) is 32.5 Å². The van der Waals surface area contributed by atoms with Crippen LogP contribution in [0.1, 0.15) is 20.8 Å². The van der Waals surface area contributed by atoms with Crippen LogP contribution in [0.5, 0.6) is 0 Å². The van der Waals surface area contributed by atoms with Gasteiger partial charge in [0.2, 0.25) is 0 Å². The van der Waals surface area contributed by atoms with E-state index in [1.165, 1.54) is 6.08 Å². The Kier molecular flexibility index (Phi) is 5.45. The highest BCUT2D eigenvalue weighted by atomic mass is 19.4. The second kappa shape index (κ2) is 5.93. The van der Waals surface area contributed by atoms with Gasteiger partial charge in [0.15, 0.2) is 0 Å². The third-order valence-corrected chi connectivity index (χ3v) is 1.78. The molecule has 0 N–H and O–H groups in total. The van der Waals surface area contributed by atoms with Gasteiger partial charge in [-0.25, -0.2) is 4.79 Å². The highest BCUT2D eigenvalue weighted by molar-refractivity contribution is 5.68. The molecule has 0 aliphatic heterocycles. The molecular weight excluding hydrogens is 247 g/mol. The molecule has 0 rings (SSSR count). The average molecular weight is 265 g/mol. The fourth-order valence-electron chi connectivity index (χ4n) is 1.01. The van der Waals surface area contributed by atoms with Crippen LogP contribution in [0.15, 0.2) is 24.8 Å². The maximum absolute atomic E-state index is 12.3. The van der Waals surface area contributed by atoms with E-state index >= 15 is 0 Å². The van der Waals surface area contributed by atoms with Crippen LogP contribution in [0.3, 0.4) is 0 Å². The van der Waals surface area contributed by atoms with Crippen LogP contribution in [-0.4, -0.2) is 35.9 Å². The first-order chi connectivity index (χ1) is 7.97. The summed E-state index contributed by atoms with van der Waals surface area (Å²) >= 11 is 0. The number of carbonyl (C=O) groups excluding carboxylic acids is 1. The van der Waals surface area contributed by atoms with E-state index < -0.39 is 30.0 Å². The summed E-state index contributed by atoms with van der Waals surface area (Å²) < 4.78 is 42.0. The number of amides is 1. The van der Waals surface area contributed by atoms with Gasteiger partial charge < -0.3 is 9.64 Å². The third kappa shape index (κ3) is 6.32. The Balaban J connectivity index is 4.72. The number of alkyl halides is 3. The van der Waals surface area contributed by atoms with E-state index in [1.54, 1.807) is 20.8 Å². The molecule has 0 spiro atoms. The largest absolute Gasteiger partial charge is 0.444 e. The number of halogens is 3. The van der Waals surface area contributed by atoms with Gasteiger partial charge in [0.05, 0.1) is 6.54 Å². The van der Waals surface area contributed by atoms with E-state index in [0.717, 1.165) is 4.90 Å². The smallest absolute Gasteiger partial charge is 0.413 e.